The third-order valence-corrected chi connectivity index (χ3v) is 4.83. The van der Waals surface area contributed by atoms with Crippen molar-refractivity contribution in [3.8, 4) is 0 Å². The summed E-state index contributed by atoms with van der Waals surface area (Å²) in [6, 6.07) is 14.7. The maximum atomic E-state index is 13.1. The van der Waals surface area contributed by atoms with Crippen molar-refractivity contribution in [1.29, 1.82) is 0 Å². The summed E-state index contributed by atoms with van der Waals surface area (Å²) in [6.45, 7) is 5.98. The van der Waals surface area contributed by atoms with Gasteiger partial charge in [-0.2, -0.15) is 0 Å². The van der Waals surface area contributed by atoms with Gasteiger partial charge in [0.15, 0.2) is 0 Å². The number of fused-ring (bicyclic) bond motifs is 1. The van der Waals surface area contributed by atoms with E-state index in [9.17, 15) is 9.18 Å². The number of benzene rings is 2. The van der Waals surface area contributed by atoms with Gasteiger partial charge in [-0.25, -0.2) is 4.39 Å². The first-order valence-electron chi connectivity index (χ1n) is 8.48. The molecule has 0 aliphatic carbocycles. The second kappa shape index (κ2) is 7.14. The van der Waals surface area contributed by atoms with Crippen molar-refractivity contribution in [2.75, 3.05) is 24.5 Å². The minimum atomic E-state index is -0.237. The van der Waals surface area contributed by atoms with Gasteiger partial charge in [0.1, 0.15) is 5.82 Å². The van der Waals surface area contributed by atoms with Crippen molar-refractivity contribution in [3.05, 3.63) is 65.5 Å². The molecule has 0 radical (unpaired) electrons. The second-order valence-corrected chi connectivity index (χ2v) is 6.21. The second-order valence-electron chi connectivity index (χ2n) is 6.21. The molecule has 0 N–H and O–H groups in total. The Morgan fingerprint density at radius 3 is 2.62 bits per heavy atom. The molecule has 2 aromatic rings. The Morgan fingerprint density at radius 1 is 1.21 bits per heavy atom. The molecule has 1 aliphatic rings. The summed E-state index contributed by atoms with van der Waals surface area (Å²) in [4.78, 5) is 16.8. The van der Waals surface area contributed by atoms with E-state index in [1.54, 1.807) is 12.1 Å². The van der Waals surface area contributed by atoms with Gasteiger partial charge in [0.05, 0.1) is 6.54 Å². The first-order chi connectivity index (χ1) is 11.6. The van der Waals surface area contributed by atoms with Crippen molar-refractivity contribution in [3.63, 3.8) is 0 Å². The van der Waals surface area contributed by atoms with Crippen LogP contribution in [0.3, 0.4) is 0 Å². The number of hydrogen-bond acceptors (Lipinski definition) is 2. The number of hydrogen-bond donors (Lipinski definition) is 0. The summed E-state index contributed by atoms with van der Waals surface area (Å²) >= 11 is 0. The highest BCUT2D eigenvalue weighted by molar-refractivity contribution is 5.96. The SMILES string of the molecule is CCN(CC(=O)N1CCc2ccccc21)[C@H](C)c1ccc(F)cc1. The van der Waals surface area contributed by atoms with E-state index in [1.165, 1.54) is 17.7 Å². The molecule has 0 aromatic heterocycles. The summed E-state index contributed by atoms with van der Waals surface area (Å²) < 4.78 is 13.1. The van der Waals surface area contributed by atoms with Gasteiger partial charge >= 0.3 is 0 Å². The van der Waals surface area contributed by atoms with E-state index in [1.807, 2.05) is 30.0 Å². The summed E-state index contributed by atoms with van der Waals surface area (Å²) in [5.41, 5.74) is 3.29. The molecule has 0 bridgehead atoms. The van der Waals surface area contributed by atoms with Gasteiger partial charge in [0.25, 0.3) is 0 Å². The van der Waals surface area contributed by atoms with Crippen LogP contribution in [-0.4, -0.2) is 30.4 Å². The lowest BCUT2D eigenvalue weighted by atomic mass is 10.1. The molecule has 1 heterocycles. The molecule has 3 rings (SSSR count). The smallest absolute Gasteiger partial charge is 0.241 e. The molecule has 126 valence electrons. The molecule has 4 heteroatoms. The molecule has 3 nitrogen and oxygen atoms in total. The van der Waals surface area contributed by atoms with Crippen LogP contribution < -0.4 is 4.90 Å². The predicted molar refractivity (Wildman–Crippen MR) is 94.6 cm³/mol. The largest absolute Gasteiger partial charge is 0.311 e. The van der Waals surface area contributed by atoms with Gasteiger partial charge in [-0.3, -0.25) is 9.69 Å². The van der Waals surface area contributed by atoms with E-state index in [2.05, 4.69) is 17.9 Å². The van der Waals surface area contributed by atoms with Crippen LogP contribution in [-0.2, 0) is 11.2 Å². The molecule has 24 heavy (non-hydrogen) atoms. The summed E-state index contributed by atoms with van der Waals surface area (Å²) in [5, 5.41) is 0. The number of halogens is 1. The number of carbonyl (C=O) groups is 1. The van der Waals surface area contributed by atoms with Crippen molar-refractivity contribution >= 4 is 11.6 Å². The van der Waals surface area contributed by atoms with E-state index < -0.39 is 0 Å². The van der Waals surface area contributed by atoms with Gasteiger partial charge in [0, 0.05) is 18.3 Å². The number of para-hydroxylation sites is 1. The first-order valence-corrected chi connectivity index (χ1v) is 8.48. The Kier molecular flexibility index (Phi) is 4.95. The fraction of sp³-hybridized carbons (Fsp3) is 0.350. The van der Waals surface area contributed by atoms with E-state index in [4.69, 9.17) is 0 Å². The minimum Gasteiger partial charge on any atom is -0.311 e. The van der Waals surface area contributed by atoms with E-state index >= 15 is 0 Å². The number of likely N-dealkylation sites (N-methyl/N-ethyl adjacent to an activating group) is 1. The highest BCUT2D eigenvalue weighted by atomic mass is 19.1. The molecule has 1 atom stereocenters. The van der Waals surface area contributed by atoms with Crippen LogP contribution in [0.2, 0.25) is 0 Å². The van der Waals surface area contributed by atoms with Crippen LogP contribution in [0.25, 0.3) is 0 Å². The van der Waals surface area contributed by atoms with Crippen molar-refractivity contribution < 1.29 is 9.18 Å². The molecule has 1 aliphatic heterocycles. The summed E-state index contributed by atoms with van der Waals surface area (Å²) in [7, 11) is 0. The van der Waals surface area contributed by atoms with Gasteiger partial charge < -0.3 is 4.90 Å². The third kappa shape index (κ3) is 3.34. The lowest BCUT2D eigenvalue weighted by molar-refractivity contribution is -0.120. The Morgan fingerprint density at radius 2 is 1.92 bits per heavy atom. The Balaban J connectivity index is 1.71. The van der Waals surface area contributed by atoms with Crippen molar-refractivity contribution in [2.24, 2.45) is 0 Å². The standard InChI is InChI=1S/C20H23FN2O/c1-3-22(15(2)16-8-10-18(21)11-9-16)14-20(24)23-13-12-17-6-4-5-7-19(17)23/h4-11,15H,3,12-14H2,1-2H3/t15-/m1/s1. The third-order valence-electron chi connectivity index (χ3n) is 4.83. The number of carbonyl (C=O) groups excluding carboxylic acids is 1. The van der Waals surface area contributed by atoms with E-state index in [0.717, 1.165) is 30.8 Å². The number of nitrogens with zero attached hydrogens (tertiary/aromatic N) is 2. The van der Waals surface area contributed by atoms with Gasteiger partial charge in [-0.1, -0.05) is 37.3 Å². The molecule has 0 saturated heterocycles. The molecular weight excluding hydrogens is 303 g/mol. The van der Waals surface area contributed by atoms with Crippen LogP contribution in [0.4, 0.5) is 10.1 Å². The quantitative estimate of drug-likeness (QED) is 0.834. The lowest BCUT2D eigenvalue weighted by Crippen LogP contribution is -2.40. The van der Waals surface area contributed by atoms with Gasteiger partial charge in [-0.15, -0.1) is 0 Å². The molecule has 1 amide bonds. The molecular formula is C20H23FN2O. The highest BCUT2D eigenvalue weighted by Crippen LogP contribution is 2.28. The van der Waals surface area contributed by atoms with Gasteiger partial charge in [-0.05, 0) is 49.2 Å². The van der Waals surface area contributed by atoms with Crippen molar-refractivity contribution in [2.45, 2.75) is 26.3 Å². The van der Waals surface area contributed by atoms with Crippen LogP contribution in [0, 0.1) is 5.82 Å². The Bertz CT molecular complexity index is 714. The normalized spacial score (nSPS) is 14.8. The van der Waals surface area contributed by atoms with Gasteiger partial charge in [0.2, 0.25) is 5.91 Å². The number of rotatable bonds is 5. The average Bonchev–Trinajstić information content (AvgIpc) is 3.04. The fourth-order valence-electron chi connectivity index (χ4n) is 3.33. The molecule has 0 spiro atoms. The molecule has 0 saturated carbocycles. The number of amides is 1. The fourth-order valence-corrected chi connectivity index (χ4v) is 3.33. The summed E-state index contributed by atoms with van der Waals surface area (Å²) in [5.74, 6) is -0.116. The minimum absolute atomic E-state index is 0.0670. The van der Waals surface area contributed by atoms with Crippen molar-refractivity contribution in [1.82, 2.24) is 4.90 Å². The van der Waals surface area contributed by atoms with Crippen LogP contribution in [0.5, 0.6) is 0 Å². The zero-order chi connectivity index (χ0) is 17.1. The predicted octanol–water partition coefficient (Wildman–Crippen LogP) is 3.80. The Labute approximate surface area is 142 Å². The van der Waals surface area contributed by atoms with Crippen LogP contribution >= 0.6 is 0 Å². The zero-order valence-electron chi connectivity index (χ0n) is 14.2. The lowest BCUT2D eigenvalue weighted by Gasteiger charge is -2.29. The summed E-state index contributed by atoms with van der Waals surface area (Å²) in [6.07, 6.45) is 0.918. The maximum absolute atomic E-state index is 13.1. The van der Waals surface area contributed by atoms with Crippen LogP contribution in [0.15, 0.2) is 48.5 Å². The molecule has 2 aromatic carbocycles. The first kappa shape index (κ1) is 16.7. The zero-order valence-corrected chi connectivity index (χ0v) is 14.2. The average molecular weight is 326 g/mol. The maximum Gasteiger partial charge on any atom is 0.241 e. The van der Waals surface area contributed by atoms with E-state index in [-0.39, 0.29) is 17.8 Å². The monoisotopic (exact) mass is 326 g/mol. The number of anilines is 1. The van der Waals surface area contributed by atoms with Crippen LogP contribution in [0.1, 0.15) is 31.0 Å². The highest BCUT2D eigenvalue weighted by Gasteiger charge is 2.26. The molecule has 0 fully saturated rings. The topological polar surface area (TPSA) is 23.6 Å². The van der Waals surface area contributed by atoms with E-state index in [0.29, 0.717) is 6.54 Å². The molecule has 0 unspecified atom stereocenters. The Hall–Kier alpha value is -2.20.